The zero-order chi connectivity index (χ0) is 9.68. The normalized spacial score (nSPS) is 10.3. The Bertz CT molecular complexity index is 334. The third kappa shape index (κ3) is 3.11. The number of anilines is 1. The van der Waals surface area contributed by atoms with Crippen LogP contribution in [0, 0.1) is 0 Å². The van der Waals surface area contributed by atoms with Crippen LogP contribution in [0.4, 0.5) is 5.69 Å². The van der Waals surface area contributed by atoms with Gasteiger partial charge in [0.1, 0.15) is 0 Å². The fourth-order valence-electron chi connectivity index (χ4n) is 0.901. The molecule has 0 saturated heterocycles. The van der Waals surface area contributed by atoms with Crippen molar-refractivity contribution in [1.82, 2.24) is 4.98 Å². The molecule has 0 unspecified atom stereocenters. The predicted octanol–water partition coefficient (Wildman–Crippen LogP) is 2.64. The monoisotopic (exact) mass is 174 g/mol. The lowest BCUT2D eigenvalue weighted by Crippen LogP contribution is -1.90. The second-order valence-electron chi connectivity index (χ2n) is 3.08. The molecule has 0 aliphatic carbocycles. The molecule has 0 aliphatic rings. The lowest BCUT2D eigenvalue weighted by molar-refractivity contribution is 1.30. The van der Waals surface area contributed by atoms with Crippen LogP contribution in [0.1, 0.15) is 19.5 Å². The second-order valence-corrected chi connectivity index (χ2v) is 3.08. The van der Waals surface area contributed by atoms with E-state index < -0.39 is 0 Å². The van der Waals surface area contributed by atoms with Crippen molar-refractivity contribution in [3.8, 4) is 0 Å². The maximum absolute atomic E-state index is 5.70. The molecule has 1 aromatic heterocycles. The van der Waals surface area contributed by atoms with Gasteiger partial charge in [0, 0.05) is 6.20 Å². The van der Waals surface area contributed by atoms with Gasteiger partial charge in [0.25, 0.3) is 0 Å². The summed E-state index contributed by atoms with van der Waals surface area (Å²) < 4.78 is 0. The van der Waals surface area contributed by atoms with E-state index in [1.807, 2.05) is 44.2 Å². The number of nitrogens with two attached hydrogens (primary N) is 1. The number of rotatable bonds is 2. The first-order valence-corrected chi connectivity index (χ1v) is 4.22. The Morgan fingerprint density at radius 1 is 1.46 bits per heavy atom. The minimum Gasteiger partial charge on any atom is -0.397 e. The third-order valence-electron chi connectivity index (χ3n) is 1.55. The summed E-state index contributed by atoms with van der Waals surface area (Å²) in [6, 6.07) is 3.67. The van der Waals surface area contributed by atoms with E-state index in [2.05, 4.69) is 4.98 Å². The highest BCUT2D eigenvalue weighted by molar-refractivity contribution is 5.61. The SMILES string of the molecule is CC(C)=C/C=C\c1ncccc1N. The van der Waals surface area contributed by atoms with Gasteiger partial charge in [-0.15, -0.1) is 0 Å². The van der Waals surface area contributed by atoms with Crippen LogP contribution in [-0.2, 0) is 0 Å². The molecule has 0 amide bonds. The van der Waals surface area contributed by atoms with Crippen molar-refractivity contribution in [2.45, 2.75) is 13.8 Å². The average molecular weight is 174 g/mol. The van der Waals surface area contributed by atoms with Crippen LogP contribution in [0.3, 0.4) is 0 Å². The fraction of sp³-hybridized carbons (Fsp3) is 0.182. The van der Waals surface area contributed by atoms with Crippen molar-refractivity contribution in [1.29, 1.82) is 0 Å². The van der Waals surface area contributed by atoms with Crippen LogP contribution >= 0.6 is 0 Å². The smallest absolute Gasteiger partial charge is 0.0858 e. The average Bonchev–Trinajstić information content (AvgIpc) is 2.08. The van der Waals surface area contributed by atoms with Crippen LogP contribution in [-0.4, -0.2) is 4.98 Å². The molecular formula is C11H14N2. The zero-order valence-electron chi connectivity index (χ0n) is 7.99. The summed E-state index contributed by atoms with van der Waals surface area (Å²) in [4.78, 5) is 4.13. The van der Waals surface area contributed by atoms with Gasteiger partial charge < -0.3 is 5.73 Å². The van der Waals surface area contributed by atoms with E-state index in [-0.39, 0.29) is 0 Å². The highest BCUT2D eigenvalue weighted by Crippen LogP contribution is 2.08. The topological polar surface area (TPSA) is 38.9 Å². The van der Waals surface area contributed by atoms with E-state index in [1.54, 1.807) is 6.20 Å². The van der Waals surface area contributed by atoms with Gasteiger partial charge in [-0.3, -0.25) is 4.98 Å². The van der Waals surface area contributed by atoms with Gasteiger partial charge in [-0.2, -0.15) is 0 Å². The maximum Gasteiger partial charge on any atom is 0.0858 e. The number of hydrogen-bond acceptors (Lipinski definition) is 2. The number of pyridine rings is 1. The van der Waals surface area contributed by atoms with E-state index in [0.717, 1.165) is 5.69 Å². The lowest BCUT2D eigenvalue weighted by atomic mass is 10.2. The summed E-state index contributed by atoms with van der Waals surface area (Å²) in [6.45, 7) is 4.10. The molecule has 0 aromatic carbocycles. The number of allylic oxidation sites excluding steroid dienone is 3. The Morgan fingerprint density at radius 3 is 2.85 bits per heavy atom. The van der Waals surface area contributed by atoms with Gasteiger partial charge in [0.15, 0.2) is 0 Å². The van der Waals surface area contributed by atoms with Gasteiger partial charge in [0.05, 0.1) is 11.4 Å². The Morgan fingerprint density at radius 2 is 2.23 bits per heavy atom. The predicted molar refractivity (Wildman–Crippen MR) is 57.1 cm³/mol. The van der Waals surface area contributed by atoms with Gasteiger partial charge in [-0.25, -0.2) is 0 Å². The zero-order valence-corrected chi connectivity index (χ0v) is 7.99. The van der Waals surface area contributed by atoms with Gasteiger partial charge >= 0.3 is 0 Å². The molecule has 0 atom stereocenters. The Balaban J connectivity index is 2.80. The molecule has 13 heavy (non-hydrogen) atoms. The fourth-order valence-corrected chi connectivity index (χ4v) is 0.901. The third-order valence-corrected chi connectivity index (χ3v) is 1.55. The molecule has 0 saturated carbocycles. The summed E-state index contributed by atoms with van der Waals surface area (Å²) in [6.07, 6.45) is 7.61. The van der Waals surface area contributed by atoms with Crippen molar-refractivity contribution in [2.75, 3.05) is 5.73 Å². The summed E-state index contributed by atoms with van der Waals surface area (Å²) >= 11 is 0. The lowest BCUT2D eigenvalue weighted by Gasteiger charge is -1.95. The van der Waals surface area contributed by atoms with E-state index in [9.17, 15) is 0 Å². The van der Waals surface area contributed by atoms with Crippen LogP contribution in [0.25, 0.3) is 6.08 Å². The quantitative estimate of drug-likeness (QED) is 0.700. The maximum atomic E-state index is 5.70. The van der Waals surface area contributed by atoms with Gasteiger partial charge in [-0.05, 0) is 32.1 Å². The molecule has 2 nitrogen and oxygen atoms in total. The number of nitrogens with zero attached hydrogens (tertiary/aromatic N) is 1. The first kappa shape index (κ1) is 9.52. The highest BCUT2D eigenvalue weighted by Gasteiger charge is 1.91. The Labute approximate surface area is 78.8 Å². The summed E-state index contributed by atoms with van der Waals surface area (Å²) in [5, 5.41) is 0. The Kier molecular flexibility index (Phi) is 3.26. The van der Waals surface area contributed by atoms with Crippen LogP contribution in [0.2, 0.25) is 0 Å². The van der Waals surface area contributed by atoms with Gasteiger partial charge in [-0.1, -0.05) is 17.7 Å². The standard InChI is InChI=1S/C11H14N2/c1-9(2)5-3-7-11-10(12)6-4-8-13-11/h3-8H,12H2,1-2H3/b7-3-. The Hall–Kier alpha value is -1.57. The summed E-state index contributed by atoms with van der Waals surface area (Å²) in [5.74, 6) is 0. The molecule has 0 radical (unpaired) electrons. The second kappa shape index (κ2) is 4.45. The van der Waals surface area contributed by atoms with Crippen molar-refractivity contribution >= 4 is 11.8 Å². The molecular weight excluding hydrogens is 160 g/mol. The molecule has 0 bridgehead atoms. The first-order chi connectivity index (χ1) is 6.20. The van der Waals surface area contributed by atoms with Crippen molar-refractivity contribution in [3.63, 3.8) is 0 Å². The van der Waals surface area contributed by atoms with Crippen molar-refractivity contribution in [3.05, 3.63) is 41.7 Å². The molecule has 68 valence electrons. The minimum absolute atomic E-state index is 0.709. The van der Waals surface area contributed by atoms with Crippen molar-refractivity contribution in [2.24, 2.45) is 0 Å². The molecule has 0 aliphatic heterocycles. The number of aromatic nitrogens is 1. The summed E-state index contributed by atoms with van der Waals surface area (Å²) in [5.41, 5.74) is 8.49. The molecule has 1 rings (SSSR count). The summed E-state index contributed by atoms with van der Waals surface area (Å²) in [7, 11) is 0. The molecule has 0 spiro atoms. The first-order valence-electron chi connectivity index (χ1n) is 4.22. The van der Waals surface area contributed by atoms with Crippen LogP contribution < -0.4 is 5.73 Å². The van der Waals surface area contributed by atoms with E-state index >= 15 is 0 Å². The van der Waals surface area contributed by atoms with Crippen molar-refractivity contribution < 1.29 is 0 Å². The molecule has 2 heteroatoms. The van der Waals surface area contributed by atoms with Gasteiger partial charge in [0.2, 0.25) is 0 Å². The highest BCUT2D eigenvalue weighted by atomic mass is 14.7. The molecule has 0 fully saturated rings. The van der Waals surface area contributed by atoms with Crippen LogP contribution in [0.15, 0.2) is 36.1 Å². The van der Waals surface area contributed by atoms with E-state index in [1.165, 1.54) is 5.57 Å². The number of hydrogen-bond donors (Lipinski definition) is 1. The van der Waals surface area contributed by atoms with E-state index in [4.69, 9.17) is 5.73 Å². The molecule has 2 N–H and O–H groups in total. The largest absolute Gasteiger partial charge is 0.397 e. The van der Waals surface area contributed by atoms with Crippen LogP contribution in [0.5, 0.6) is 0 Å². The molecule has 1 aromatic rings. The minimum atomic E-state index is 0.709. The molecule has 1 heterocycles. The van der Waals surface area contributed by atoms with E-state index in [0.29, 0.717) is 5.69 Å². The number of nitrogen functional groups attached to an aromatic ring is 1.